The van der Waals surface area contributed by atoms with Crippen molar-refractivity contribution in [3.8, 4) is 0 Å². The molecule has 5 aliphatic carbocycles. The van der Waals surface area contributed by atoms with E-state index in [4.69, 9.17) is 9.47 Å². The molecule has 6 rings (SSSR count). The number of rotatable bonds is 3. The summed E-state index contributed by atoms with van der Waals surface area (Å²) in [6.07, 6.45) is -1.77. The first-order chi connectivity index (χ1) is 16.4. The largest absolute Gasteiger partial charge is 0.390 e. The molecule has 0 amide bonds. The van der Waals surface area contributed by atoms with E-state index in [1.54, 1.807) is 6.92 Å². The van der Waals surface area contributed by atoms with Crippen molar-refractivity contribution in [2.24, 2.45) is 28.6 Å². The van der Waals surface area contributed by atoms with Gasteiger partial charge >= 0.3 is 0 Å². The van der Waals surface area contributed by atoms with E-state index in [1.807, 2.05) is 0 Å². The number of halogens is 3. The Labute approximate surface area is 201 Å². The number of ether oxygens (including phenoxy) is 2. The van der Waals surface area contributed by atoms with Gasteiger partial charge in [-0.1, -0.05) is 13.0 Å². The maximum atomic E-state index is 17.3. The number of carbonyl (C=O) groups excluding carboxylic acids is 2. The van der Waals surface area contributed by atoms with Gasteiger partial charge in [0.25, 0.3) is 0 Å². The fraction of sp³-hybridized carbons (Fsp3) is 0.769. The topological polar surface area (TPSA) is 93.1 Å². The average molecular weight is 497 g/mol. The van der Waals surface area contributed by atoms with Crippen LogP contribution in [0.15, 0.2) is 23.8 Å². The van der Waals surface area contributed by atoms with Crippen LogP contribution in [0.3, 0.4) is 0 Å². The predicted molar refractivity (Wildman–Crippen MR) is 116 cm³/mol. The Balaban J connectivity index is 1.43. The van der Waals surface area contributed by atoms with Gasteiger partial charge in [0.1, 0.15) is 19.0 Å². The van der Waals surface area contributed by atoms with Gasteiger partial charge in [-0.3, -0.25) is 9.59 Å². The van der Waals surface area contributed by atoms with Gasteiger partial charge in [-0.05, 0) is 62.7 Å². The van der Waals surface area contributed by atoms with Crippen molar-refractivity contribution in [2.45, 2.75) is 88.1 Å². The molecule has 1 saturated heterocycles. The number of hydrogen-bond donors (Lipinski definition) is 2. The van der Waals surface area contributed by atoms with Gasteiger partial charge in [-0.2, -0.15) is 0 Å². The second-order valence-corrected chi connectivity index (χ2v) is 11.9. The molecule has 6 nitrogen and oxygen atoms in total. The standard InChI is InChI=1S/C26H31F3O6/c1-23-4-3-14(31)7-17(23)18(28)8-16-15-9-21-26(20(33)11-30,24(15,2)10-19(32)25(16,23)29)35-22(34-21)12-5-13(27)6-12/h3-4,7,12-13,15-16,18-19,21-22,30,32H,5-6,8-11H2,1-2H3/t12?,13?,15-,16-,18-,19-,21+,22+,23-,24-,25-,26+/m0/s1. The number of ketones is 2. The molecule has 10 atom stereocenters. The van der Waals surface area contributed by atoms with Gasteiger partial charge in [0, 0.05) is 22.7 Å². The van der Waals surface area contributed by atoms with Gasteiger partial charge in [0.15, 0.2) is 29.1 Å². The van der Waals surface area contributed by atoms with Crippen LogP contribution in [0.1, 0.15) is 46.0 Å². The minimum atomic E-state index is -2.28. The lowest BCUT2D eigenvalue weighted by atomic mass is 9.44. The first-order valence-electron chi connectivity index (χ1n) is 12.5. The monoisotopic (exact) mass is 496 g/mol. The van der Waals surface area contributed by atoms with Crippen molar-refractivity contribution in [2.75, 3.05) is 6.61 Å². The van der Waals surface area contributed by atoms with Crippen molar-refractivity contribution < 1.29 is 42.4 Å². The highest BCUT2D eigenvalue weighted by Crippen LogP contribution is 2.72. The molecular formula is C26H31F3O6. The summed E-state index contributed by atoms with van der Waals surface area (Å²) in [5, 5.41) is 21.3. The molecular weight excluding hydrogens is 465 g/mol. The van der Waals surface area contributed by atoms with E-state index in [9.17, 15) is 24.2 Å². The van der Waals surface area contributed by atoms with Crippen LogP contribution in [0.2, 0.25) is 0 Å². The zero-order valence-corrected chi connectivity index (χ0v) is 19.8. The lowest BCUT2D eigenvalue weighted by Gasteiger charge is -2.63. The Kier molecular flexibility index (Phi) is 4.95. The number of aliphatic hydroxyl groups is 2. The number of allylic oxidation sites excluding steroid dienone is 4. The van der Waals surface area contributed by atoms with E-state index in [0.29, 0.717) is 0 Å². The maximum Gasteiger partial charge on any atom is 0.193 e. The second kappa shape index (κ2) is 7.27. The Morgan fingerprint density at radius 1 is 1.17 bits per heavy atom. The van der Waals surface area contributed by atoms with Crippen LogP contribution in [-0.2, 0) is 19.1 Å². The highest BCUT2D eigenvalue weighted by atomic mass is 19.1. The molecule has 0 bridgehead atoms. The van der Waals surface area contributed by atoms with Gasteiger partial charge in [-0.15, -0.1) is 0 Å². The van der Waals surface area contributed by atoms with Crippen molar-refractivity contribution >= 4 is 11.6 Å². The lowest BCUT2D eigenvalue weighted by Crippen LogP contribution is -2.71. The number of alkyl halides is 3. The van der Waals surface area contributed by atoms with Crippen LogP contribution in [0.25, 0.3) is 0 Å². The van der Waals surface area contributed by atoms with Crippen molar-refractivity contribution in [3.63, 3.8) is 0 Å². The SMILES string of the molecule is C[C@]12C=CC(=O)C=C1[C@@H](F)C[C@H]1[C@@H]3C[C@H]4O[C@@H](C5CC(F)C5)O[C@@]4(C(=O)CO)[C@@]3(C)C[C@H](O)[C@@]12F. The molecule has 0 spiro atoms. The number of fused-ring (bicyclic) bond motifs is 7. The van der Waals surface area contributed by atoms with Gasteiger partial charge in [0.05, 0.1) is 12.2 Å². The molecule has 0 unspecified atom stereocenters. The van der Waals surface area contributed by atoms with Crippen molar-refractivity contribution in [3.05, 3.63) is 23.8 Å². The van der Waals surface area contributed by atoms with Gasteiger partial charge in [-0.25, -0.2) is 13.2 Å². The third-order valence-corrected chi connectivity index (χ3v) is 10.4. The van der Waals surface area contributed by atoms with E-state index in [1.165, 1.54) is 19.1 Å². The second-order valence-electron chi connectivity index (χ2n) is 11.9. The summed E-state index contributed by atoms with van der Waals surface area (Å²) in [4.78, 5) is 25.3. The molecule has 0 radical (unpaired) electrons. The minimum absolute atomic E-state index is 0.0315. The van der Waals surface area contributed by atoms with E-state index in [-0.39, 0.29) is 43.6 Å². The van der Waals surface area contributed by atoms with Gasteiger partial charge < -0.3 is 19.7 Å². The fourth-order valence-corrected chi connectivity index (χ4v) is 8.61. The third kappa shape index (κ3) is 2.66. The van der Waals surface area contributed by atoms with Crippen molar-refractivity contribution in [1.82, 2.24) is 0 Å². The predicted octanol–water partition coefficient (Wildman–Crippen LogP) is 2.70. The summed E-state index contributed by atoms with van der Waals surface area (Å²) in [7, 11) is 0. The highest BCUT2D eigenvalue weighted by Gasteiger charge is 2.80. The molecule has 192 valence electrons. The maximum absolute atomic E-state index is 17.3. The average Bonchev–Trinajstić information content (AvgIpc) is 3.28. The smallest absolute Gasteiger partial charge is 0.193 e. The zero-order valence-electron chi connectivity index (χ0n) is 19.8. The summed E-state index contributed by atoms with van der Waals surface area (Å²) in [5.41, 5.74) is -6.55. The number of carbonyl (C=O) groups is 2. The van der Waals surface area contributed by atoms with Crippen LogP contribution >= 0.6 is 0 Å². The van der Waals surface area contributed by atoms with Crippen molar-refractivity contribution in [1.29, 1.82) is 0 Å². The minimum Gasteiger partial charge on any atom is -0.390 e. The van der Waals surface area contributed by atoms with Crippen LogP contribution in [0, 0.1) is 28.6 Å². The van der Waals surface area contributed by atoms with Crippen LogP contribution in [0.5, 0.6) is 0 Å². The molecule has 1 heterocycles. The molecule has 6 aliphatic rings. The van der Waals surface area contributed by atoms with Crippen LogP contribution in [0.4, 0.5) is 13.2 Å². The molecule has 5 fully saturated rings. The fourth-order valence-electron chi connectivity index (χ4n) is 8.61. The Bertz CT molecular complexity index is 1040. The number of Topliss-reactive ketones (excluding diaryl/α,β-unsaturated/α-hetero) is 1. The van der Waals surface area contributed by atoms with E-state index in [0.717, 1.165) is 6.08 Å². The number of aliphatic hydroxyl groups excluding tert-OH is 2. The van der Waals surface area contributed by atoms with Crippen LogP contribution < -0.4 is 0 Å². The quantitative estimate of drug-likeness (QED) is 0.624. The molecule has 0 aromatic rings. The molecule has 1 aliphatic heterocycles. The lowest BCUT2D eigenvalue weighted by molar-refractivity contribution is -0.242. The van der Waals surface area contributed by atoms with Gasteiger partial charge in [0.2, 0.25) is 0 Å². The molecule has 2 N–H and O–H groups in total. The zero-order chi connectivity index (χ0) is 25.1. The first kappa shape index (κ1) is 23.8. The third-order valence-electron chi connectivity index (χ3n) is 10.4. The van der Waals surface area contributed by atoms with Crippen LogP contribution in [-0.4, -0.2) is 70.5 Å². The Hall–Kier alpha value is -1.55. The molecule has 9 heteroatoms. The molecule has 0 aromatic carbocycles. The molecule has 35 heavy (non-hydrogen) atoms. The molecule has 0 aromatic heterocycles. The first-order valence-corrected chi connectivity index (χ1v) is 12.5. The summed E-state index contributed by atoms with van der Waals surface area (Å²) >= 11 is 0. The normalized spacial score (nSPS) is 56.4. The Morgan fingerprint density at radius 3 is 2.54 bits per heavy atom. The number of hydrogen-bond acceptors (Lipinski definition) is 6. The summed E-state index contributed by atoms with van der Waals surface area (Å²) < 4.78 is 58.8. The highest BCUT2D eigenvalue weighted by molar-refractivity contribution is 6.01. The van der Waals surface area contributed by atoms with E-state index >= 15 is 8.78 Å². The summed E-state index contributed by atoms with van der Waals surface area (Å²) in [6, 6.07) is 0. The Morgan fingerprint density at radius 2 is 1.89 bits per heavy atom. The summed E-state index contributed by atoms with van der Waals surface area (Å²) in [5.74, 6) is -2.83. The summed E-state index contributed by atoms with van der Waals surface area (Å²) in [6.45, 7) is 2.43. The molecule has 4 saturated carbocycles. The van der Waals surface area contributed by atoms with E-state index in [2.05, 4.69) is 0 Å². The van der Waals surface area contributed by atoms with E-state index < -0.39 is 83.0 Å².